The molecule has 10 nitrogen and oxygen atoms in total. The highest BCUT2D eigenvalue weighted by Gasteiger charge is 2.24. The number of rotatable bonds is 9. The summed E-state index contributed by atoms with van der Waals surface area (Å²) in [6, 6.07) is 11.7. The predicted molar refractivity (Wildman–Crippen MR) is 138 cm³/mol. The van der Waals surface area contributed by atoms with E-state index in [9.17, 15) is 23.3 Å². The molecule has 0 fully saturated rings. The molecule has 0 aromatic heterocycles. The number of benzene rings is 3. The normalized spacial score (nSPS) is 11.3. The van der Waals surface area contributed by atoms with Crippen LogP contribution in [0.5, 0.6) is 11.5 Å². The standard InChI is InChI=1S/C22H16BrCl2N3O7S/c1-2-34-20-9-13(12-26-27-22(29)14-6-7-18(24)19(25)10-14)8-17(23)21(20)35-36(32,33)16-5-3-4-15(11-16)28(30)31/h3-12H,2H2,1H3,(H,27,29)/b26-12-. The number of amides is 1. The van der Waals surface area contributed by atoms with Gasteiger partial charge in [0.15, 0.2) is 11.5 Å². The van der Waals surface area contributed by atoms with Crippen LogP contribution in [0.15, 0.2) is 69.1 Å². The maximum Gasteiger partial charge on any atom is 0.339 e. The van der Waals surface area contributed by atoms with E-state index in [1.54, 1.807) is 6.92 Å². The Morgan fingerprint density at radius 2 is 1.92 bits per heavy atom. The van der Waals surface area contributed by atoms with Crippen LogP contribution in [-0.4, -0.2) is 32.1 Å². The molecular formula is C22H16BrCl2N3O7S. The minimum Gasteiger partial charge on any atom is -0.490 e. The van der Waals surface area contributed by atoms with Crippen molar-refractivity contribution in [1.82, 2.24) is 5.43 Å². The Morgan fingerprint density at radius 3 is 2.58 bits per heavy atom. The molecule has 0 saturated carbocycles. The van der Waals surface area contributed by atoms with Gasteiger partial charge in [-0.1, -0.05) is 29.3 Å². The van der Waals surface area contributed by atoms with Crippen molar-refractivity contribution in [2.75, 3.05) is 6.61 Å². The first kappa shape index (κ1) is 27.4. The molecule has 3 rings (SSSR count). The molecule has 0 aliphatic rings. The van der Waals surface area contributed by atoms with E-state index in [1.165, 1.54) is 48.7 Å². The van der Waals surface area contributed by atoms with Gasteiger partial charge in [-0.05, 0) is 64.8 Å². The zero-order chi connectivity index (χ0) is 26.5. The van der Waals surface area contributed by atoms with E-state index in [1.807, 2.05) is 0 Å². The topological polar surface area (TPSA) is 137 Å². The highest BCUT2D eigenvalue weighted by atomic mass is 79.9. The molecule has 1 amide bonds. The maximum atomic E-state index is 12.8. The van der Waals surface area contributed by atoms with Crippen molar-refractivity contribution in [2.45, 2.75) is 11.8 Å². The molecule has 0 atom stereocenters. The molecular weight excluding hydrogens is 601 g/mol. The number of non-ortho nitro benzene ring substituents is 1. The first-order valence-corrected chi connectivity index (χ1v) is 12.9. The monoisotopic (exact) mass is 615 g/mol. The number of carbonyl (C=O) groups excluding carboxylic acids is 1. The molecule has 0 saturated heterocycles. The van der Waals surface area contributed by atoms with E-state index >= 15 is 0 Å². The van der Waals surface area contributed by atoms with Crippen molar-refractivity contribution in [2.24, 2.45) is 5.10 Å². The minimum absolute atomic E-state index is 0.0538. The SMILES string of the molecule is CCOc1cc(/C=N\NC(=O)c2ccc(Cl)c(Cl)c2)cc(Br)c1OS(=O)(=O)c1cccc([N+](=O)[O-])c1. The van der Waals surface area contributed by atoms with Gasteiger partial charge in [0, 0.05) is 17.7 Å². The van der Waals surface area contributed by atoms with Gasteiger partial charge in [-0.25, -0.2) is 5.43 Å². The van der Waals surface area contributed by atoms with Crippen LogP contribution in [-0.2, 0) is 10.1 Å². The number of hydrogen-bond acceptors (Lipinski definition) is 8. The smallest absolute Gasteiger partial charge is 0.339 e. The van der Waals surface area contributed by atoms with E-state index in [4.69, 9.17) is 32.1 Å². The maximum absolute atomic E-state index is 12.8. The Bertz CT molecular complexity index is 1470. The molecule has 0 radical (unpaired) electrons. The molecule has 0 spiro atoms. The second-order valence-electron chi connectivity index (χ2n) is 6.88. The molecule has 3 aromatic carbocycles. The van der Waals surface area contributed by atoms with Gasteiger partial charge >= 0.3 is 10.1 Å². The summed E-state index contributed by atoms with van der Waals surface area (Å²) in [5, 5.41) is 15.4. The fraction of sp³-hybridized carbons (Fsp3) is 0.0909. The van der Waals surface area contributed by atoms with Gasteiger partial charge in [-0.15, -0.1) is 0 Å². The number of nitrogens with one attached hydrogen (secondary N) is 1. The number of carbonyl (C=O) groups is 1. The number of hydrogen-bond donors (Lipinski definition) is 1. The molecule has 14 heteroatoms. The average Bonchev–Trinajstić information content (AvgIpc) is 2.83. The van der Waals surface area contributed by atoms with Crippen molar-refractivity contribution < 1.29 is 27.1 Å². The summed E-state index contributed by atoms with van der Waals surface area (Å²) >= 11 is 15.0. The molecule has 36 heavy (non-hydrogen) atoms. The van der Waals surface area contributed by atoms with Crippen LogP contribution >= 0.6 is 39.1 Å². The van der Waals surface area contributed by atoms with Gasteiger partial charge in [-0.3, -0.25) is 14.9 Å². The summed E-state index contributed by atoms with van der Waals surface area (Å²) in [5.41, 5.74) is 2.61. The summed E-state index contributed by atoms with van der Waals surface area (Å²) in [6.45, 7) is 1.86. The quantitative estimate of drug-likeness (QED) is 0.143. The largest absolute Gasteiger partial charge is 0.490 e. The number of halogens is 3. The molecule has 0 bridgehead atoms. The fourth-order valence-electron chi connectivity index (χ4n) is 2.78. The lowest BCUT2D eigenvalue weighted by Gasteiger charge is -2.14. The average molecular weight is 617 g/mol. The van der Waals surface area contributed by atoms with Crippen LogP contribution in [0.25, 0.3) is 0 Å². The lowest BCUT2D eigenvalue weighted by Crippen LogP contribution is -2.17. The third-order valence-electron chi connectivity index (χ3n) is 4.40. The first-order chi connectivity index (χ1) is 17.0. The molecule has 3 aromatic rings. The molecule has 0 unspecified atom stereocenters. The Labute approximate surface area is 224 Å². The van der Waals surface area contributed by atoms with Crippen LogP contribution in [0.1, 0.15) is 22.8 Å². The van der Waals surface area contributed by atoms with Crippen LogP contribution < -0.4 is 14.3 Å². The summed E-state index contributed by atoms with van der Waals surface area (Å²) < 4.78 is 36.5. The van der Waals surface area contributed by atoms with E-state index < -0.39 is 31.5 Å². The lowest BCUT2D eigenvalue weighted by atomic mass is 10.2. The number of nitro benzene ring substituents is 1. The fourth-order valence-corrected chi connectivity index (χ4v) is 4.73. The van der Waals surface area contributed by atoms with Crippen LogP contribution in [0.4, 0.5) is 5.69 Å². The third-order valence-corrected chi connectivity index (χ3v) is 6.95. The van der Waals surface area contributed by atoms with Crippen LogP contribution in [0.2, 0.25) is 10.0 Å². The zero-order valence-corrected chi connectivity index (χ0v) is 22.2. The molecule has 188 valence electrons. The second-order valence-corrected chi connectivity index (χ2v) is 10.1. The number of nitrogens with zero attached hydrogens (tertiary/aromatic N) is 2. The van der Waals surface area contributed by atoms with Crippen molar-refractivity contribution in [3.63, 3.8) is 0 Å². The van der Waals surface area contributed by atoms with Gasteiger partial charge in [0.25, 0.3) is 11.6 Å². The van der Waals surface area contributed by atoms with E-state index in [-0.39, 0.29) is 33.2 Å². The van der Waals surface area contributed by atoms with Crippen LogP contribution in [0.3, 0.4) is 0 Å². The summed E-state index contributed by atoms with van der Waals surface area (Å²) in [5.74, 6) is -0.643. The van der Waals surface area contributed by atoms with Gasteiger partial charge in [0.1, 0.15) is 4.90 Å². The highest BCUT2D eigenvalue weighted by Crippen LogP contribution is 2.38. The Morgan fingerprint density at radius 1 is 1.17 bits per heavy atom. The molecule has 1 N–H and O–H groups in total. The highest BCUT2D eigenvalue weighted by molar-refractivity contribution is 9.10. The third kappa shape index (κ3) is 6.72. The van der Waals surface area contributed by atoms with Crippen molar-refractivity contribution >= 4 is 67.1 Å². The Kier molecular flexibility index (Phi) is 8.90. The summed E-state index contributed by atoms with van der Waals surface area (Å²) in [6.07, 6.45) is 1.31. The molecule has 0 heterocycles. The predicted octanol–water partition coefficient (Wildman–Crippen LogP) is 5.59. The van der Waals surface area contributed by atoms with Crippen molar-refractivity contribution in [3.05, 3.63) is 90.4 Å². The summed E-state index contributed by atoms with van der Waals surface area (Å²) in [4.78, 5) is 22.1. The second kappa shape index (κ2) is 11.7. The number of ether oxygens (including phenoxy) is 1. The zero-order valence-electron chi connectivity index (χ0n) is 18.3. The first-order valence-electron chi connectivity index (χ1n) is 9.95. The van der Waals surface area contributed by atoms with Gasteiger partial charge < -0.3 is 8.92 Å². The molecule has 0 aliphatic carbocycles. The summed E-state index contributed by atoms with van der Waals surface area (Å²) in [7, 11) is -4.44. The van der Waals surface area contributed by atoms with E-state index in [0.717, 1.165) is 12.1 Å². The number of hydrazone groups is 1. The van der Waals surface area contributed by atoms with E-state index in [2.05, 4.69) is 26.5 Å². The van der Waals surface area contributed by atoms with Crippen molar-refractivity contribution in [3.8, 4) is 11.5 Å². The van der Waals surface area contributed by atoms with Crippen LogP contribution in [0, 0.1) is 10.1 Å². The Balaban J connectivity index is 1.84. The van der Waals surface area contributed by atoms with Gasteiger partial charge in [-0.2, -0.15) is 13.5 Å². The number of nitro groups is 1. The molecule has 0 aliphatic heterocycles. The Hall–Kier alpha value is -3.19. The minimum atomic E-state index is -4.44. The van der Waals surface area contributed by atoms with E-state index in [0.29, 0.717) is 10.6 Å². The van der Waals surface area contributed by atoms with Gasteiger partial charge in [0.05, 0.1) is 32.3 Å². The van der Waals surface area contributed by atoms with Gasteiger partial charge in [0.2, 0.25) is 0 Å². The lowest BCUT2D eigenvalue weighted by molar-refractivity contribution is -0.385. The van der Waals surface area contributed by atoms with Crippen molar-refractivity contribution in [1.29, 1.82) is 0 Å².